The first-order valence-corrected chi connectivity index (χ1v) is 6.96. The van der Waals surface area contributed by atoms with Crippen LogP contribution < -0.4 is 5.32 Å². The highest BCUT2D eigenvalue weighted by molar-refractivity contribution is 7.18. The number of methoxy groups -OCH3 is 1. The topological polar surface area (TPSA) is 55.4 Å². The average Bonchev–Trinajstić information content (AvgIpc) is 2.86. The van der Waals surface area contributed by atoms with Crippen molar-refractivity contribution >= 4 is 40.5 Å². The van der Waals surface area contributed by atoms with E-state index in [1.807, 2.05) is 13.0 Å². The number of hydrogen-bond acceptors (Lipinski definition) is 4. The van der Waals surface area contributed by atoms with Crippen LogP contribution in [-0.4, -0.2) is 19.0 Å². The second kappa shape index (κ2) is 6.07. The summed E-state index contributed by atoms with van der Waals surface area (Å²) in [6, 6.07) is 8.44. The van der Waals surface area contributed by atoms with Crippen molar-refractivity contribution in [2.45, 2.75) is 6.92 Å². The van der Waals surface area contributed by atoms with Gasteiger partial charge in [-0.15, -0.1) is 11.3 Å². The van der Waals surface area contributed by atoms with Crippen LogP contribution in [0.4, 0.5) is 5.69 Å². The molecule has 0 atom stereocenters. The van der Waals surface area contributed by atoms with Gasteiger partial charge < -0.3 is 10.1 Å². The van der Waals surface area contributed by atoms with Gasteiger partial charge in [0.25, 0.3) is 5.91 Å². The fourth-order valence-corrected chi connectivity index (χ4v) is 2.60. The Morgan fingerprint density at radius 2 is 2.00 bits per heavy atom. The Morgan fingerprint density at radius 3 is 2.60 bits per heavy atom. The summed E-state index contributed by atoms with van der Waals surface area (Å²) in [5.74, 6) is -0.802. The van der Waals surface area contributed by atoms with Gasteiger partial charge in [-0.25, -0.2) is 4.79 Å². The van der Waals surface area contributed by atoms with E-state index < -0.39 is 5.97 Å². The molecule has 0 saturated carbocycles. The molecule has 0 spiro atoms. The van der Waals surface area contributed by atoms with Crippen molar-refractivity contribution in [1.29, 1.82) is 0 Å². The highest BCUT2D eigenvalue weighted by atomic mass is 35.5. The molecule has 0 radical (unpaired) electrons. The molecule has 2 aromatic rings. The van der Waals surface area contributed by atoms with Crippen molar-refractivity contribution in [3.63, 3.8) is 0 Å². The molecule has 0 fully saturated rings. The number of benzene rings is 1. The van der Waals surface area contributed by atoms with E-state index in [4.69, 9.17) is 16.3 Å². The first-order chi connectivity index (χ1) is 9.51. The summed E-state index contributed by atoms with van der Waals surface area (Å²) in [6.45, 7) is 1.86. The monoisotopic (exact) mass is 309 g/mol. The normalized spacial score (nSPS) is 10.2. The number of carbonyl (C=O) groups is 2. The highest BCUT2D eigenvalue weighted by Gasteiger charge is 2.16. The second-order valence-corrected chi connectivity index (χ2v) is 5.81. The first kappa shape index (κ1) is 14.6. The van der Waals surface area contributed by atoms with Crippen molar-refractivity contribution < 1.29 is 14.3 Å². The van der Waals surface area contributed by atoms with Crippen LogP contribution in [0.25, 0.3) is 0 Å². The average molecular weight is 310 g/mol. The Morgan fingerprint density at radius 1 is 1.25 bits per heavy atom. The minimum atomic E-state index is -0.492. The Bertz CT molecular complexity index is 666. The second-order valence-electron chi connectivity index (χ2n) is 4.10. The summed E-state index contributed by atoms with van der Waals surface area (Å²) in [5.41, 5.74) is 1.64. The van der Waals surface area contributed by atoms with Gasteiger partial charge in [0, 0.05) is 0 Å². The molecule has 0 bridgehead atoms. The van der Waals surface area contributed by atoms with Gasteiger partial charge in [0.1, 0.15) is 0 Å². The van der Waals surface area contributed by atoms with Gasteiger partial charge in [0.15, 0.2) is 0 Å². The molecule has 0 aliphatic carbocycles. The molecule has 0 aliphatic heterocycles. The van der Waals surface area contributed by atoms with Crippen LogP contribution in [0.15, 0.2) is 30.3 Å². The summed E-state index contributed by atoms with van der Waals surface area (Å²) in [7, 11) is 1.30. The number of anilines is 1. The van der Waals surface area contributed by atoms with Crippen LogP contribution in [-0.2, 0) is 4.74 Å². The lowest BCUT2D eigenvalue weighted by Crippen LogP contribution is -2.14. The fourth-order valence-electron chi connectivity index (χ4n) is 1.67. The van der Waals surface area contributed by atoms with Gasteiger partial charge in [0.05, 0.1) is 27.6 Å². The Hall–Kier alpha value is -1.85. The summed E-state index contributed by atoms with van der Waals surface area (Å²) >= 11 is 6.97. The zero-order valence-corrected chi connectivity index (χ0v) is 12.5. The van der Waals surface area contributed by atoms with Crippen molar-refractivity contribution in [2.75, 3.05) is 12.4 Å². The van der Waals surface area contributed by atoms with Gasteiger partial charge >= 0.3 is 5.97 Å². The van der Waals surface area contributed by atoms with Gasteiger partial charge in [0.2, 0.25) is 0 Å². The van der Waals surface area contributed by atoms with Crippen molar-refractivity contribution in [3.05, 3.63) is 50.7 Å². The van der Waals surface area contributed by atoms with Crippen LogP contribution in [0.3, 0.4) is 0 Å². The van der Waals surface area contributed by atoms with E-state index in [0.717, 1.165) is 5.56 Å². The van der Waals surface area contributed by atoms with Gasteiger partial charge in [-0.3, -0.25) is 4.79 Å². The number of halogens is 1. The third-order valence-corrected chi connectivity index (χ3v) is 3.86. The number of rotatable bonds is 3. The Labute approximate surface area is 125 Å². The third kappa shape index (κ3) is 3.18. The zero-order chi connectivity index (χ0) is 14.7. The lowest BCUT2D eigenvalue weighted by atomic mass is 10.1. The summed E-state index contributed by atoms with van der Waals surface area (Å²) in [6.07, 6.45) is 0. The minimum Gasteiger partial charge on any atom is -0.465 e. The molecule has 1 aromatic carbocycles. The molecule has 1 amide bonds. The van der Waals surface area contributed by atoms with Crippen LogP contribution >= 0.6 is 22.9 Å². The number of hydrogen-bond donors (Lipinski definition) is 1. The van der Waals surface area contributed by atoms with E-state index in [-0.39, 0.29) is 5.91 Å². The van der Waals surface area contributed by atoms with E-state index in [1.165, 1.54) is 18.4 Å². The summed E-state index contributed by atoms with van der Waals surface area (Å²) in [4.78, 5) is 24.3. The molecular formula is C14H12ClNO3S. The third-order valence-electron chi connectivity index (χ3n) is 2.63. The number of esters is 1. The quantitative estimate of drug-likeness (QED) is 0.879. The molecule has 6 heteroatoms. The summed E-state index contributed by atoms with van der Waals surface area (Å²) < 4.78 is 5.25. The van der Waals surface area contributed by atoms with E-state index >= 15 is 0 Å². The van der Waals surface area contributed by atoms with Gasteiger partial charge in [-0.05, 0) is 31.2 Å². The van der Waals surface area contributed by atoms with E-state index in [9.17, 15) is 9.59 Å². The number of aryl methyl sites for hydroxylation is 1. The molecule has 1 heterocycles. The maximum Gasteiger partial charge on any atom is 0.339 e. The Kier molecular flexibility index (Phi) is 4.42. The number of amides is 1. The molecule has 1 aromatic heterocycles. The lowest BCUT2D eigenvalue weighted by molar-refractivity contribution is 0.0602. The van der Waals surface area contributed by atoms with E-state index in [2.05, 4.69) is 5.32 Å². The lowest BCUT2D eigenvalue weighted by Gasteiger charge is -2.09. The van der Waals surface area contributed by atoms with E-state index in [0.29, 0.717) is 20.5 Å². The molecule has 4 nitrogen and oxygen atoms in total. The van der Waals surface area contributed by atoms with Crippen molar-refractivity contribution in [1.82, 2.24) is 0 Å². The highest BCUT2D eigenvalue weighted by Crippen LogP contribution is 2.24. The molecular weight excluding hydrogens is 298 g/mol. The standard InChI is InChI=1S/C14H12ClNO3S/c1-8-3-4-10(9(7-8)14(18)19-2)16-13(17)11-5-6-12(15)20-11/h3-7H,1-2H3,(H,16,17). The zero-order valence-electron chi connectivity index (χ0n) is 10.9. The molecule has 0 unspecified atom stereocenters. The van der Waals surface area contributed by atoms with Crippen LogP contribution in [0.5, 0.6) is 0 Å². The van der Waals surface area contributed by atoms with Crippen molar-refractivity contribution in [3.8, 4) is 0 Å². The number of thiophene rings is 1. The smallest absolute Gasteiger partial charge is 0.339 e. The van der Waals surface area contributed by atoms with Crippen molar-refractivity contribution in [2.24, 2.45) is 0 Å². The predicted molar refractivity (Wildman–Crippen MR) is 79.8 cm³/mol. The molecule has 1 N–H and O–H groups in total. The maximum atomic E-state index is 12.1. The number of nitrogens with one attached hydrogen (secondary N) is 1. The van der Waals surface area contributed by atoms with Gasteiger partial charge in [-0.1, -0.05) is 23.2 Å². The molecule has 0 saturated heterocycles. The fraction of sp³-hybridized carbons (Fsp3) is 0.143. The molecule has 0 aliphatic rings. The number of carbonyl (C=O) groups excluding carboxylic acids is 2. The van der Waals surface area contributed by atoms with E-state index in [1.54, 1.807) is 24.3 Å². The maximum absolute atomic E-state index is 12.1. The van der Waals surface area contributed by atoms with Crippen LogP contribution in [0.2, 0.25) is 4.34 Å². The predicted octanol–water partition coefficient (Wildman–Crippen LogP) is 3.75. The van der Waals surface area contributed by atoms with Gasteiger partial charge in [-0.2, -0.15) is 0 Å². The summed E-state index contributed by atoms with van der Waals surface area (Å²) in [5, 5.41) is 2.69. The number of ether oxygens (including phenoxy) is 1. The SMILES string of the molecule is COC(=O)c1cc(C)ccc1NC(=O)c1ccc(Cl)s1. The largest absolute Gasteiger partial charge is 0.465 e. The minimum absolute atomic E-state index is 0.309. The molecule has 2 rings (SSSR count). The molecule has 104 valence electrons. The Balaban J connectivity index is 2.29. The first-order valence-electron chi connectivity index (χ1n) is 5.77. The van der Waals surface area contributed by atoms with Crippen LogP contribution in [0, 0.1) is 6.92 Å². The van der Waals surface area contributed by atoms with Crippen LogP contribution in [0.1, 0.15) is 25.6 Å². The molecule has 20 heavy (non-hydrogen) atoms.